The lowest BCUT2D eigenvalue weighted by molar-refractivity contribution is 0.197. The fourth-order valence-corrected chi connectivity index (χ4v) is 2.66. The lowest BCUT2D eigenvalue weighted by atomic mass is 9.96. The first kappa shape index (κ1) is 21.5. The van der Waals surface area contributed by atoms with Crippen LogP contribution in [-0.4, -0.2) is 50.6 Å². The summed E-state index contributed by atoms with van der Waals surface area (Å²) < 4.78 is 0. The highest BCUT2D eigenvalue weighted by atomic mass is 127. The number of hydrogen-bond donors (Lipinski definition) is 2. The van der Waals surface area contributed by atoms with Gasteiger partial charge < -0.3 is 15.5 Å². The molecule has 1 aliphatic carbocycles. The summed E-state index contributed by atoms with van der Waals surface area (Å²) in [5, 5.41) is 7.71. The molecule has 1 saturated carbocycles. The summed E-state index contributed by atoms with van der Waals surface area (Å²) in [5.74, 6) is 0.855. The van der Waals surface area contributed by atoms with Crippen LogP contribution in [0.3, 0.4) is 0 Å². The van der Waals surface area contributed by atoms with Crippen LogP contribution in [0, 0.1) is 0 Å². The monoisotopic (exact) mass is 464 g/mol. The molecule has 0 saturated heterocycles. The standard InChI is InChI=1S/C18H29ClN4.HI/c1-17(2,23(4)5)12-21-16(20-3)22-13-18(9-10-18)14-7-6-8-15(19)11-14;/h6-8,11H,9-10,12-13H2,1-5H3,(H2,20,21,22);1H. The Kier molecular flexibility index (Phi) is 7.81. The molecule has 1 fully saturated rings. The molecule has 0 unspecified atom stereocenters. The summed E-state index contributed by atoms with van der Waals surface area (Å²) in [4.78, 5) is 6.55. The molecule has 1 aliphatic rings. The molecular weight excluding hydrogens is 435 g/mol. The van der Waals surface area contributed by atoms with Gasteiger partial charge in [0.05, 0.1) is 0 Å². The van der Waals surface area contributed by atoms with Gasteiger partial charge in [-0.15, -0.1) is 24.0 Å². The predicted octanol–water partition coefficient (Wildman–Crippen LogP) is 3.49. The van der Waals surface area contributed by atoms with Gasteiger partial charge in [0.15, 0.2) is 5.96 Å². The van der Waals surface area contributed by atoms with Gasteiger partial charge in [-0.25, -0.2) is 0 Å². The maximum Gasteiger partial charge on any atom is 0.191 e. The Labute approximate surface area is 168 Å². The Morgan fingerprint density at radius 2 is 1.96 bits per heavy atom. The highest BCUT2D eigenvalue weighted by Crippen LogP contribution is 2.48. The van der Waals surface area contributed by atoms with Crippen LogP contribution in [0.5, 0.6) is 0 Å². The van der Waals surface area contributed by atoms with Crippen LogP contribution in [0.25, 0.3) is 0 Å². The minimum absolute atomic E-state index is 0. The third kappa shape index (κ3) is 5.49. The zero-order chi connectivity index (χ0) is 17.1. The first-order chi connectivity index (χ1) is 10.8. The van der Waals surface area contributed by atoms with Gasteiger partial charge in [-0.05, 0) is 58.5 Å². The van der Waals surface area contributed by atoms with E-state index < -0.39 is 0 Å². The van der Waals surface area contributed by atoms with Crippen LogP contribution >= 0.6 is 35.6 Å². The number of aliphatic imine (C=N–C) groups is 1. The average Bonchev–Trinajstić information content (AvgIpc) is 3.28. The normalized spacial score (nSPS) is 16.5. The number of halogens is 2. The van der Waals surface area contributed by atoms with Crippen LogP contribution in [0.1, 0.15) is 32.3 Å². The quantitative estimate of drug-likeness (QED) is 0.385. The summed E-state index contributed by atoms with van der Waals surface area (Å²) >= 11 is 6.14. The van der Waals surface area contributed by atoms with Gasteiger partial charge in [-0.3, -0.25) is 4.99 Å². The summed E-state index contributed by atoms with van der Waals surface area (Å²) in [6.45, 7) is 6.14. The maximum absolute atomic E-state index is 6.14. The van der Waals surface area contributed by atoms with E-state index in [4.69, 9.17) is 11.6 Å². The zero-order valence-corrected chi connectivity index (χ0v) is 18.4. The Morgan fingerprint density at radius 3 is 2.46 bits per heavy atom. The molecule has 1 aromatic rings. The van der Waals surface area contributed by atoms with Crippen LogP contribution in [0.2, 0.25) is 5.02 Å². The van der Waals surface area contributed by atoms with Crippen molar-refractivity contribution in [3.8, 4) is 0 Å². The Hall–Kier alpha value is -0.530. The molecule has 0 spiro atoms. The van der Waals surface area contributed by atoms with E-state index in [1.165, 1.54) is 18.4 Å². The SMILES string of the molecule is CN=C(NCC1(c2cccc(Cl)c2)CC1)NCC(C)(C)N(C)C.I. The first-order valence-corrected chi connectivity index (χ1v) is 8.55. The second kappa shape index (κ2) is 8.72. The van der Waals surface area contributed by atoms with E-state index in [0.717, 1.165) is 24.1 Å². The summed E-state index contributed by atoms with van der Waals surface area (Å²) in [5.41, 5.74) is 1.60. The fraction of sp³-hybridized carbons (Fsp3) is 0.611. The lowest BCUT2D eigenvalue weighted by Gasteiger charge is -2.33. The van der Waals surface area contributed by atoms with Crippen molar-refractivity contribution in [2.45, 2.75) is 37.6 Å². The summed E-state index contributed by atoms with van der Waals surface area (Å²) in [6, 6.07) is 8.22. The highest BCUT2D eigenvalue weighted by Gasteiger charge is 2.44. The second-order valence-corrected chi connectivity index (χ2v) is 7.71. The van der Waals surface area contributed by atoms with Crippen molar-refractivity contribution >= 4 is 41.5 Å². The minimum atomic E-state index is 0. The summed E-state index contributed by atoms with van der Waals surface area (Å²) in [6.07, 6.45) is 2.39. The van der Waals surface area contributed by atoms with E-state index in [0.29, 0.717) is 0 Å². The van der Waals surface area contributed by atoms with E-state index in [2.05, 4.69) is 60.6 Å². The molecule has 0 atom stereocenters. The van der Waals surface area contributed by atoms with Gasteiger partial charge in [-0.1, -0.05) is 23.7 Å². The maximum atomic E-state index is 6.14. The van der Waals surface area contributed by atoms with Gasteiger partial charge in [0.1, 0.15) is 0 Å². The van der Waals surface area contributed by atoms with Crippen LogP contribution in [-0.2, 0) is 5.41 Å². The van der Waals surface area contributed by atoms with Crippen LogP contribution < -0.4 is 10.6 Å². The van der Waals surface area contributed by atoms with Crippen molar-refractivity contribution in [1.82, 2.24) is 15.5 Å². The minimum Gasteiger partial charge on any atom is -0.356 e. The topological polar surface area (TPSA) is 39.7 Å². The molecule has 2 rings (SSSR count). The number of nitrogens with one attached hydrogen (secondary N) is 2. The van der Waals surface area contributed by atoms with Gasteiger partial charge in [0.25, 0.3) is 0 Å². The number of rotatable bonds is 6. The summed E-state index contributed by atoms with van der Waals surface area (Å²) in [7, 11) is 6.00. The molecule has 2 N–H and O–H groups in total. The van der Waals surface area contributed by atoms with E-state index in [1.807, 2.05) is 19.2 Å². The number of hydrogen-bond acceptors (Lipinski definition) is 2. The molecule has 24 heavy (non-hydrogen) atoms. The van der Waals surface area contributed by atoms with Crippen LogP contribution in [0.15, 0.2) is 29.3 Å². The smallest absolute Gasteiger partial charge is 0.191 e. The van der Waals surface area contributed by atoms with E-state index in [9.17, 15) is 0 Å². The molecule has 0 amide bonds. The van der Waals surface area contributed by atoms with Gasteiger partial charge in [0.2, 0.25) is 0 Å². The fourth-order valence-electron chi connectivity index (χ4n) is 2.47. The molecule has 6 heteroatoms. The number of nitrogens with zero attached hydrogens (tertiary/aromatic N) is 2. The Bertz CT molecular complexity index is 568. The number of likely N-dealkylation sites (N-methyl/N-ethyl adjacent to an activating group) is 1. The van der Waals surface area contributed by atoms with Crippen molar-refractivity contribution in [1.29, 1.82) is 0 Å². The van der Waals surface area contributed by atoms with E-state index >= 15 is 0 Å². The van der Waals surface area contributed by atoms with Gasteiger partial charge in [0, 0.05) is 36.1 Å². The van der Waals surface area contributed by atoms with E-state index in [-0.39, 0.29) is 34.9 Å². The molecule has 0 aliphatic heterocycles. The molecule has 1 aromatic carbocycles. The Balaban J connectivity index is 0.00000288. The second-order valence-electron chi connectivity index (χ2n) is 7.28. The Morgan fingerprint density at radius 1 is 1.29 bits per heavy atom. The van der Waals surface area contributed by atoms with Crippen molar-refractivity contribution in [3.63, 3.8) is 0 Å². The number of guanidine groups is 1. The van der Waals surface area contributed by atoms with Gasteiger partial charge >= 0.3 is 0 Å². The first-order valence-electron chi connectivity index (χ1n) is 8.17. The molecule has 136 valence electrons. The molecule has 0 heterocycles. The highest BCUT2D eigenvalue weighted by molar-refractivity contribution is 14.0. The van der Waals surface area contributed by atoms with E-state index in [1.54, 1.807) is 0 Å². The largest absolute Gasteiger partial charge is 0.356 e. The predicted molar refractivity (Wildman–Crippen MR) is 115 cm³/mol. The molecular formula is C18H30ClIN4. The van der Waals surface area contributed by atoms with Crippen molar-refractivity contribution in [2.24, 2.45) is 4.99 Å². The molecule has 0 aromatic heterocycles. The van der Waals surface area contributed by atoms with Crippen molar-refractivity contribution in [2.75, 3.05) is 34.2 Å². The number of benzene rings is 1. The molecule has 0 radical (unpaired) electrons. The lowest BCUT2D eigenvalue weighted by Crippen LogP contribution is -2.51. The van der Waals surface area contributed by atoms with Crippen molar-refractivity contribution in [3.05, 3.63) is 34.9 Å². The molecule has 4 nitrogen and oxygen atoms in total. The molecule has 0 bridgehead atoms. The average molecular weight is 465 g/mol. The third-order valence-electron chi connectivity index (χ3n) is 5.01. The van der Waals surface area contributed by atoms with Gasteiger partial charge in [-0.2, -0.15) is 0 Å². The van der Waals surface area contributed by atoms with Crippen LogP contribution in [0.4, 0.5) is 0 Å². The zero-order valence-electron chi connectivity index (χ0n) is 15.3. The third-order valence-corrected chi connectivity index (χ3v) is 5.24. The van der Waals surface area contributed by atoms with Crippen molar-refractivity contribution < 1.29 is 0 Å².